The summed E-state index contributed by atoms with van der Waals surface area (Å²) in [6, 6.07) is 16.7. The molecule has 1 unspecified atom stereocenters. The highest BCUT2D eigenvalue weighted by molar-refractivity contribution is 6.51. The molecule has 0 aromatic heterocycles. The van der Waals surface area contributed by atoms with Crippen molar-refractivity contribution in [2.45, 2.75) is 6.04 Å². The van der Waals surface area contributed by atoms with E-state index in [9.17, 15) is 19.8 Å². The molecule has 1 amide bonds. The normalized spacial score (nSPS) is 18.6. The molecule has 2 heterocycles. The first-order valence-electron chi connectivity index (χ1n) is 10.1. The number of carbonyl (C=O) groups excluding carboxylic acids is 2. The monoisotopic (exact) mass is 445 g/mol. The molecule has 5 rings (SSSR count). The Hall–Kier alpha value is -4.46. The van der Waals surface area contributed by atoms with Crippen molar-refractivity contribution in [3.63, 3.8) is 0 Å². The second kappa shape index (κ2) is 7.90. The number of anilines is 1. The van der Waals surface area contributed by atoms with Gasteiger partial charge in [-0.2, -0.15) is 0 Å². The van der Waals surface area contributed by atoms with Crippen LogP contribution in [0, 0.1) is 0 Å². The first-order chi connectivity index (χ1) is 16.0. The molecule has 1 atom stereocenters. The van der Waals surface area contributed by atoms with Crippen LogP contribution in [0.5, 0.6) is 23.0 Å². The molecule has 0 spiro atoms. The number of hydrogen-bond donors (Lipinski definition) is 2. The number of aliphatic hydroxyl groups is 1. The largest absolute Gasteiger partial charge is 0.508 e. The number of hydrogen-bond acceptors (Lipinski definition) is 7. The Balaban J connectivity index is 1.69. The van der Waals surface area contributed by atoms with E-state index in [4.69, 9.17) is 14.2 Å². The van der Waals surface area contributed by atoms with Crippen molar-refractivity contribution in [2.75, 3.05) is 18.8 Å². The molecule has 1 saturated heterocycles. The fourth-order valence-corrected chi connectivity index (χ4v) is 4.05. The molecule has 2 aliphatic heterocycles. The summed E-state index contributed by atoms with van der Waals surface area (Å²) in [5, 5.41) is 21.3. The molecule has 8 heteroatoms. The predicted octanol–water partition coefficient (Wildman–Crippen LogP) is 3.76. The van der Waals surface area contributed by atoms with Crippen LogP contribution >= 0.6 is 0 Å². The zero-order chi connectivity index (χ0) is 23.1. The third-order valence-electron chi connectivity index (χ3n) is 5.63. The van der Waals surface area contributed by atoms with Gasteiger partial charge >= 0.3 is 0 Å². The molecule has 3 aromatic carbocycles. The predicted molar refractivity (Wildman–Crippen MR) is 118 cm³/mol. The number of fused-ring (bicyclic) bond motifs is 1. The number of ether oxygens (including phenoxy) is 3. The third kappa shape index (κ3) is 3.41. The summed E-state index contributed by atoms with van der Waals surface area (Å²) in [7, 11) is 1.53. The van der Waals surface area contributed by atoms with Crippen LogP contribution in [0.4, 0.5) is 5.69 Å². The number of ketones is 1. The summed E-state index contributed by atoms with van der Waals surface area (Å²) >= 11 is 0. The third-order valence-corrected chi connectivity index (χ3v) is 5.63. The van der Waals surface area contributed by atoms with E-state index in [1.807, 2.05) is 0 Å². The number of phenols is 1. The molecular formula is C25H19NO7. The summed E-state index contributed by atoms with van der Waals surface area (Å²) in [4.78, 5) is 27.6. The van der Waals surface area contributed by atoms with Gasteiger partial charge in [0.25, 0.3) is 11.7 Å². The van der Waals surface area contributed by atoms with Crippen molar-refractivity contribution >= 4 is 23.1 Å². The number of nitrogens with zero attached hydrogens (tertiary/aromatic N) is 1. The van der Waals surface area contributed by atoms with Crippen molar-refractivity contribution in [3.8, 4) is 23.0 Å². The second-order valence-electron chi connectivity index (χ2n) is 7.53. The van der Waals surface area contributed by atoms with Crippen LogP contribution in [0.1, 0.15) is 17.2 Å². The first-order valence-corrected chi connectivity index (χ1v) is 10.1. The second-order valence-corrected chi connectivity index (χ2v) is 7.53. The number of carbonyl (C=O) groups is 2. The van der Waals surface area contributed by atoms with E-state index >= 15 is 0 Å². The van der Waals surface area contributed by atoms with E-state index in [1.165, 1.54) is 24.1 Å². The van der Waals surface area contributed by atoms with Crippen LogP contribution in [0.25, 0.3) is 5.76 Å². The molecule has 2 N–H and O–H groups in total. The minimum atomic E-state index is -0.962. The molecule has 0 saturated carbocycles. The highest BCUT2D eigenvalue weighted by Crippen LogP contribution is 2.44. The number of amides is 1. The topological polar surface area (TPSA) is 106 Å². The van der Waals surface area contributed by atoms with Crippen LogP contribution in [0.15, 0.2) is 72.3 Å². The zero-order valence-electron chi connectivity index (χ0n) is 17.5. The maximum absolute atomic E-state index is 13.2. The molecule has 1 fully saturated rings. The average Bonchev–Trinajstić information content (AvgIpc) is 3.41. The van der Waals surface area contributed by atoms with Gasteiger partial charge in [-0.25, -0.2) is 0 Å². The van der Waals surface area contributed by atoms with Gasteiger partial charge in [0.05, 0.1) is 18.7 Å². The smallest absolute Gasteiger partial charge is 0.300 e. The van der Waals surface area contributed by atoms with Crippen molar-refractivity contribution < 1.29 is 34.0 Å². The van der Waals surface area contributed by atoms with Crippen molar-refractivity contribution in [1.29, 1.82) is 0 Å². The van der Waals surface area contributed by atoms with E-state index in [2.05, 4.69) is 0 Å². The summed E-state index contributed by atoms with van der Waals surface area (Å²) < 4.78 is 15.9. The lowest BCUT2D eigenvalue weighted by molar-refractivity contribution is -0.132. The van der Waals surface area contributed by atoms with Crippen LogP contribution in [0.2, 0.25) is 0 Å². The summed E-state index contributed by atoms with van der Waals surface area (Å²) in [5.41, 5.74) is 1.11. The summed E-state index contributed by atoms with van der Waals surface area (Å²) in [6.07, 6.45) is 0. The fourth-order valence-electron chi connectivity index (χ4n) is 4.05. The Kier molecular flexibility index (Phi) is 4.90. The van der Waals surface area contributed by atoms with E-state index < -0.39 is 17.7 Å². The van der Waals surface area contributed by atoms with Gasteiger partial charge in [0.1, 0.15) is 17.3 Å². The number of aromatic hydroxyl groups is 1. The molecule has 0 radical (unpaired) electrons. The van der Waals surface area contributed by atoms with Crippen LogP contribution in [0.3, 0.4) is 0 Å². The van der Waals surface area contributed by atoms with Crippen LogP contribution in [-0.4, -0.2) is 35.8 Å². The average molecular weight is 445 g/mol. The van der Waals surface area contributed by atoms with Gasteiger partial charge in [-0.15, -0.1) is 0 Å². The van der Waals surface area contributed by atoms with Crippen molar-refractivity contribution in [3.05, 3.63) is 83.4 Å². The number of phenolic OH excluding ortho intramolecular Hbond substituents is 1. The Morgan fingerprint density at radius 1 is 1.00 bits per heavy atom. The molecule has 33 heavy (non-hydrogen) atoms. The molecule has 2 aliphatic rings. The number of benzene rings is 3. The number of methoxy groups -OCH3 is 1. The minimum absolute atomic E-state index is 0.0316. The fraction of sp³-hybridized carbons (Fsp3) is 0.120. The van der Waals surface area contributed by atoms with E-state index in [1.54, 1.807) is 54.6 Å². The van der Waals surface area contributed by atoms with Gasteiger partial charge < -0.3 is 24.4 Å². The van der Waals surface area contributed by atoms with Crippen molar-refractivity contribution in [2.24, 2.45) is 0 Å². The molecular weight excluding hydrogens is 426 g/mol. The van der Waals surface area contributed by atoms with Gasteiger partial charge in [-0.3, -0.25) is 14.5 Å². The van der Waals surface area contributed by atoms with E-state index in [0.717, 1.165) is 0 Å². The van der Waals surface area contributed by atoms with Crippen LogP contribution in [-0.2, 0) is 9.59 Å². The molecule has 3 aromatic rings. The van der Waals surface area contributed by atoms with Crippen molar-refractivity contribution in [1.82, 2.24) is 0 Å². The number of Topliss-reactive ketones (excluding diaryl/α,β-unsaturated/α-hetero) is 1. The highest BCUT2D eigenvalue weighted by Gasteiger charge is 2.47. The van der Waals surface area contributed by atoms with Gasteiger partial charge in [-0.1, -0.05) is 12.1 Å². The van der Waals surface area contributed by atoms with Gasteiger partial charge in [0.15, 0.2) is 11.5 Å². The Morgan fingerprint density at radius 2 is 1.76 bits per heavy atom. The SMILES string of the molecule is COc1ccc(N2C(=O)C(=O)/C(=C(\O)c3ccc4c(c3)OCO4)C2c2cccc(O)c2)cc1. The van der Waals surface area contributed by atoms with E-state index in [-0.39, 0.29) is 23.9 Å². The lowest BCUT2D eigenvalue weighted by atomic mass is 9.95. The Bertz CT molecular complexity index is 1300. The first kappa shape index (κ1) is 20.4. The summed E-state index contributed by atoms with van der Waals surface area (Å²) in [6.45, 7) is 0.0602. The Morgan fingerprint density at radius 3 is 2.48 bits per heavy atom. The maximum atomic E-state index is 13.2. The minimum Gasteiger partial charge on any atom is -0.508 e. The lowest BCUT2D eigenvalue weighted by Crippen LogP contribution is -2.29. The molecule has 0 aliphatic carbocycles. The van der Waals surface area contributed by atoms with Crippen LogP contribution < -0.4 is 19.1 Å². The maximum Gasteiger partial charge on any atom is 0.300 e. The Labute approximate surface area is 188 Å². The molecule has 166 valence electrons. The highest BCUT2D eigenvalue weighted by atomic mass is 16.7. The number of rotatable bonds is 4. The van der Waals surface area contributed by atoms with Gasteiger partial charge in [0.2, 0.25) is 6.79 Å². The molecule has 8 nitrogen and oxygen atoms in total. The lowest BCUT2D eigenvalue weighted by Gasteiger charge is -2.25. The molecule has 0 bridgehead atoms. The quantitative estimate of drug-likeness (QED) is 0.358. The zero-order valence-corrected chi connectivity index (χ0v) is 17.5. The number of aliphatic hydroxyl groups excluding tert-OH is 1. The standard InChI is InChI=1S/C25H19NO7/c1-31-18-8-6-16(7-9-18)26-22(14-3-2-4-17(27)11-14)21(24(29)25(26)30)23(28)15-5-10-19-20(12-15)33-13-32-19/h2-12,22,27-28H,13H2,1H3/b23-21-. The summed E-state index contributed by atoms with van der Waals surface area (Å²) in [5.74, 6) is -0.478. The van der Waals surface area contributed by atoms with Gasteiger partial charge in [0, 0.05) is 11.3 Å². The van der Waals surface area contributed by atoms with E-state index in [0.29, 0.717) is 34.1 Å². The van der Waals surface area contributed by atoms with Gasteiger partial charge in [-0.05, 0) is 60.2 Å².